The molecule has 0 fully saturated rings. The zero-order valence-corrected chi connectivity index (χ0v) is 16.0. The summed E-state index contributed by atoms with van der Waals surface area (Å²) < 4.78 is 5.82. The molecule has 5 aromatic rings. The molecule has 2 aromatic heterocycles. The minimum Gasteiger partial charge on any atom is -0.492 e. The first-order valence-corrected chi connectivity index (χ1v) is 9.13. The van der Waals surface area contributed by atoms with E-state index >= 15 is 0 Å². The van der Waals surface area contributed by atoms with Crippen LogP contribution < -0.4 is 4.74 Å². The van der Waals surface area contributed by atoms with Crippen LogP contribution in [0.3, 0.4) is 0 Å². The summed E-state index contributed by atoms with van der Waals surface area (Å²) >= 11 is 0. The van der Waals surface area contributed by atoms with Crippen LogP contribution in [0.1, 0.15) is 18.1 Å². The summed E-state index contributed by atoms with van der Waals surface area (Å²) in [5.41, 5.74) is 7.02. The van der Waals surface area contributed by atoms with Crippen molar-refractivity contribution in [3.05, 3.63) is 53.6 Å². The van der Waals surface area contributed by atoms with Crippen LogP contribution in [0, 0.1) is 6.92 Å². The number of ether oxygens (including phenoxy) is 1. The van der Waals surface area contributed by atoms with E-state index in [-0.39, 0.29) is 6.15 Å². The number of hydrogen-bond donors (Lipinski definition) is 2. The zero-order valence-electron chi connectivity index (χ0n) is 16.0. The molecule has 0 saturated heterocycles. The molecule has 0 aliphatic rings. The fraction of sp³-hybridized carbons (Fsp3) is 0.174. The summed E-state index contributed by atoms with van der Waals surface area (Å²) in [4.78, 5) is 23.3. The smallest absolute Gasteiger partial charge is 0.373 e. The lowest BCUT2D eigenvalue weighted by Gasteiger charge is -2.04. The van der Waals surface area contributed by atoms with Gasteiger partial charge in [-0.3, -0.25) is 0 Å². The maximum absolute atomic E-state index is 8.12. The largest absolute Gasteiger partial charge is 0.492 e. The first kappa shape index (κ1) is 17.8. The van der Waals surface area contributed by atoms with Crippen molar-refractivity contribution < 1.29 is 14.3 Å². The third-order valence-electron chi connectivity index (χ3n) is 5.25. The lowest BCUT2D eigenvalue weighted by Crippen LogP contribution is -1.86. The van der Waals surface area contributed by atoms with Crippen LogP contribution >= 0.6 is 0 Å². The van der Waals surface area contributed by atoms with Gasteiger partial charge in [0.1, 0.15) is 0 Å². The van der Waals surface area contributed by atoms with Crippen LogP contribution in [0.2, 0.25) is 0 Å². The molecule has 2 heterocycles. The molecule has 0 bridgehead atoms. The van der Waals surface area contributed by atoms with Gasteiger partial charge in [0.2, 0.25) is 0 Å². The minimum absolute atomic E-state index is 0.250. The molecular formula is C23H20N2O3. The normalized spacial score (nSPS) is 11.0. The summed E-state index contributed by atoms with van der Waals surface area (Å²) in [5, 5.41) is 4.94. The van der Waals surface area contributed by atoms with E-state index in [4.69, 9.17) is 14.3 Å². The van der Waals surface area contributed by atoms with Crippen molar-refractivity contribution in [3.63, 3.8) is 0 Å². The average Bonchev–Trinajstić information content (AvgIpc) is 3.24. The Kier molecular flexibility index (Phi) is 4.38. The number of methoxy groups -OCH3 is 1. The lowest BCUT2D eigenvalue weighted by molar-refractivity contribution is -0.191. The summed E-state index contributed by atoms with van der Waals surface area (Å²) in [7, 11) is 1.74. The van der Waals surface area contributed by atoms with Gasteiger partial charge in [0, 0.05) is 32.6 Å². The quantitative estimate of drug-likeness (QED) is 0.444. The summed E-state index contributed by atoms with van der Waals surface area (Å²) in [6, 6.07) is 15.5. The van der Waals surface area contributed by atoms with E-state index in [1.807, 2.05) is 0 Å². The number of H-pyrrole nitrogens is 2. The topological polar surface area (TPSA) is 75.0 Å². The third kappa shape index (κ3) is 2.65. The predicted molar refractivity (Wildman–Crippen MR) is 111 cm³/mol. The van der Waals surface area contributed by atoms with E-state index in [2.05, 4.69) is 66.3 Å². The van der Waals surface area contributed by atoms with Crippen molar-refractivity contribution in [1.82, 2.24) is 9.97 Å². The number of aromatic amines is 2. The number of carbonyl (C=O) groups excluding carboxylic acids is 2. The Morgan fingerprint density at radius 3 is 2.00 bits per heavy atom. The average molecular weight is 372 g/mol. The fourth-order valence-corrected chi connectivity index (χ4v) is 3.94. The molecule has 0 aliphatic carbocycles. The number of fused-ring (bicyclic) bond motifs is 6. The monoisotopic (exact) mass is 372 g/mol. The molecule has 0 spiro atoms. The van der Waals surface area contributed by atoms with Crippen molar-refractivity contribution in [3.8, 4) is 5.75 Å². The second kappa shape index (κ2) is 6.87. The van der Waals surface area contributed by atoms with Crippen LogP contribution in [0.25, 0.3) is 43.6 Å². The van der Waals surface area contributed by atoms with Gasteiger partial charge in [-0.15, -0.1) is 0 Å². The van der Waals surface area contributed by atoms with Crippen molar-refractivity contribution in [2.24, 2.45) is 0 Å². The highest BCUT2D eigenvalue weighted by Gasteiger charge is 2.17. The molecule has 2 N–H and O–H groups in total. The van der Waals surface area contributed by atoms with Gasteiger partial charge in [0.15, 0.2) is 5.75 Å². The van der Waals surface area contributed by atoms with Crippen LogP contribution in [-0.4, -0.2) is 23.2 Å². The second-order valence-electron chi connectivity index (χ2n) is 6.87. The summed E-state index contributed by atoms with van der Waals surface area (Å²) in [6.45, 7) is 4.32. The predicted octanol–water partition coefficient (Wildman–Crippen LogP) is 5.25. The lowest BCUT2D eigenvalue weighted by atomic mass is 10.0. The molecule has 0 atom stereocenters. The maximum Gasteiger partial charge on any atom is 0.373 e. The standard InChI is InChI=1S/C22H20N2O.CO2/c1-4-13-6-8-19-15(10-13)17-11-16-14-9-12(2)5-7-18(14)23-20(16)22(25-3)21(17)24-19;2-1-3/h5-11,23-24H,4H2,1-3H3;. The van der Waals surface area contributed by atoms with Crippen LogP contribution in [0.4, 0.5) is 0 Å². The van der Waals surface area contributed by atoms with Gasteiger partial charge >= 0.3 is 6.15 Å². The van der Waals surface area contributed by atoms with Gasteiger partial charge in [-0.25, -0.2) is 0 Å². The molecule has 0 saturated carbocycles. The Morgan fingerprint density at radius 2 is 1.43 bits per heavy atom. The molecule has 140 valence electrons. The van der Waals surface area contributed by atoms with E-state index in [0.29, 0.717) is 0 Å². The number of nitrogens with one attached hydrogen (secondary N) is 2. The molecule has 5 heteroatoms. The zero-order chi connectivity index (χ0) is 19.8. The van der Waals surface area contributed by atoms with E-state index in [1.54, 1.807) is 7.11 Å². The SMILES string of the molecule is CCc1ccc2[nH]c3c(OC)c4[nH]c5ccc(C)cc5c4cc3c2c1.O=C=O. The molecule has 0 radical (unpaired) electrons. The van der Waals surface area contributed by atoms with E-state index in [1.165, 1.54) is 32.7 Å². The van der Waals surface area contributed by atoms with Crippen molar-refractivity contribution in [2.75, 3.05) is 7.11 Å². The van der Waals surface area contributed by atoms with Crippen molar-refractivity contribution in [1.29, 1.82) is 0 Å². The molecule has 28 heavy (non-hydrogen) atoms. The van der Waals surface area contributed by atoms with Gasteiger partial charge < -0.3 is 14.7 Å². The molecule has 3 aromatic carbocycles. The number of hydrogen-bond acceptors (Lipinski definition) is 3. The number of rotatable bonds is 2. The third-order valence-corrected chi connectivity index (χ3v) is 5.25. The van der Waals surface area contributed by atoms with Crippen molar-refractivity contribution >= 4 is 49.8 Å². The number of aromatic nitrogens is 2. The first-order valence-electron chi connectivity index (χ1n) is 9.13. The van der Waals surface area contributed by atoms with Crippen LogP contribution in [0.5, 0.6) is 5.75 Å². The van der Waals surface area contributed by atoms with Gasteiger partial charge in [-0.05, 0) is 49.2 Å². The Morgan fingerprint density at radius 1 is 0.857 bits per heavy atom. The first-order chi connectivity index (χ1) is 13.6. The Bertz CT molecular complexity index is 1370. The van der Waals surface area contributed by atoms with E-state index in [9.17, 15) is 0 Å². The highest BCUT2D eigenvalue weighted by molar-refractivity contribution is 6.20. The van der Waals surface area contributed by atoms with Gasteiger partial charge in [-0.2, -0.15) is 9.59 Å². The van der Waals surface area contributed by atoms with Crippen LogP contribution in [0.15, 0.2) is 42.5 Å². The molecule has 0 unspecified atom stereocenters. The maximum atomic E-state index is 8.12. The fourth-order valence-electron chi connectivity index (χ4n) is 3.94. The Hall–Kier alpha value is -3.56. The number of aryl methyl sites for hydroxylation is 2. The Labute approximate surface area is 161 Å². The van der Waals surface area contributed by atoms with Crippen molar-refractivity contribution in [2.45, 2.75) is 20.3 Å². The van der Waals surface area contributed by atoms with E-state index in [0.717, 1.165) is 34.2 Å². The van der Waals surface area contributed by atoms with E-state index < -0.39 is 0 Å². The summed E-state index contributed by atoms with van der Waals surface area (Å²) in [5.74, 6) is 0.885. The molecule has 0 aliphatic heterocycles. The van der Waals surface area contributed by atoms with Gasteiger partial charge in [0.25, 0.3) is 0 Å². The molecule has 5 rings (SSSR count). The van der Waals surface area contributed by atoms with Crippen LogP contribution in [-0.2, 0) is 16.0 Å². The summed E-state index contributed by atoms with van der Waals surface area (Å²) in [6.07, 6.45) is 1.29. The number of benzene rings is 3. The highest BCUT2D eigenvalue weighted by atomic mass is 16.5. The molecule has 5 nitrogen and oxygen atoms in total. The van der Waals surface area contributed by atoms with Gasteiger partial charge in [0.05, 0.1) is 18.1 Å². The van der Waals surface area contributed by atoms with Gasteiger partial charge in [-0.1, -0.05) is 24.6 Å². The highest BCUT2D eigenvalue weighted by Crippen LogP contribution is 2.40. The minimum atomic E-state index is 0.250. The molecule has 0 amide bonds. The molecular weight excluding hydrogens is 352 g/mol. The second-order valence-corrected chi connectivity index (χ2v) is 6.87. The Balaban J connectivity index is 0.000000604.